The van der Waals surface area contributed by atoms with Gasteiger partial charge in [0, 0.05) is 11.8 Å². The largest absolute Gasteiger partial charge is 0.346 e. The molecule has 0 aliphatic heterocycles. The Morgan fingerprint density at radius 3 is 2.64 bits per heavy atom. The van der Waals surface area contributed by atoms with Crippen molar-refractivity contribution in [1.82, 2.24) is 20.1 Å². The Morgan fingerprint density at radius 1 is 1.11 bits per heavy atom. The van der Waals surface area contributed by atoms with Crippen LogP contribution in [0.3, 0.4) is 0 Å². The summed E-state index contributed by atoms with van der Waals surface area (Å²) in [5.41, 5.74) is 3.16. The Hall–Kier alpha value is -2.37. The number of halogens is 2. The fraction of sp³-hybridized carbons (Fsp3) is 0.286. The molecular formula is C21H20Cl2N4O. The van der Waals surface area contributed by atoms with Crippen LogP contribution in [-0.4, -0.2) is 20.7 Å². The van der Waals surface area contributed by atoms with Crippen molar-refractivity contribution in [3.8, 4) is 11.4 Å². The number of aromatic nitrogens is 3. The van der Waals surface area contributed by atoms with E-state index < -0.39 is 0 Å². The molecule has 144 valence electrons. The van der Waals surface area contributed by atoms with E-state index in [2.05, 4.69) is 15.0 Å². The molecule has 1 aliphatic carbocycles. The molecule has 4 rings (SSSR count). The molecule has 0 saturated heterocycles. The summed E-state index contributed by atoms with van der Waals surface area (Å²) in [6.07, 6.45) is 6.46. The maximum Gasteiger partial charge on any atom is 0.251 e. The highest BCUT2D eigenvalue weighted by molar-refractivity contribution is 6.42. The average Bonchev–Trinajstić information content (AvgIpc) is 3.38. The maximum atomic E-state index is 12.4. The number of nitrogens with one attached hydrogen (secondary N) is 1. The first-order chi connectivity index (χ1) is 13.6. The fourth-order valence-electron chi connectivity index (χ4n) is 3.57. The zero-order valence-corrected chi connectivity index (χ0v) is 16.7. The van der Waals surface area contributed by atoms with Crippen LogP contribution in [0.15, 0.2) is 48.7 Å². The maximum absolute atomic E-state index is 12.4. The number of carbonyl (C=O) groups excluding carboxylic acids is 1. The van der Waals surface area contributed by atoms with Crippen LogP contribution in [0.2, 0.25) is 10.0 Å². The summed E-state index contributed by atoms with van der Waals surface area (Å²) in [5, 5.41) is 8.47. The molecule has 2 heterocycles. The third-order valence-corrected chi connectivity index (χ3v) is 5.74. The number of nitrogens with zero attached hydrogens (tertiary/aromatic N) is 3. The van der Waals surface area contributed by atoms with Crippen LogP contribution in [0.5, 0.6) is 0 Å². The number of amides is 1. The van der Waals surface area contributed by atoms with Crippen LogP contribution in [0, 0.1) is 0 Å². The lowest BCUT2D eigenvalue weighted by Crippen LogP contribution is -2.23. The van der Waals surface area contributed by atoms with Gasteiger partial charge in [-0.1, -0.05) is 42.1 Å². The van der Waals surface area contributed by atoms with Gasteiger partial charge in [-0.2, -0.15) is 5.10 Å². The minimum absolute atomic E-state index is 0.214. The molecule has 0 bridgehead atoms. The van der Waals surface area contributed by atoms with Gasteiger partial charge in [-0.05, 0) is 49.2 Å². The summed E-state index contributed by atoms with van der Waals surface area (Å²) in [6, 6.07) is 13.1. The second-order valence-corrected chi connectivity index (χ2v) is 7.74. The SMILES string of the molecule is O=C(NCc1cc(-c2ccccn2)n(C2CCCC2)n1)c1ccc(Cl)c(Cl)c1. The third kappa shape index (κ3) is 4.05. The van der Waals surface area contributed by atoms with Gasteiger partial charge in [0.15, 0.2) is 0 Å². The lowest BCUT2D eigenvalue weighted by atomic mass is 10.2. The number of hydrogen-bond acceptors (Lipinski definition) is 3. The van der Waals surface area contributed by atoms with Crippen LogP contribution >= 0.6 is 23.2 Å². The Balaban J connectivity index is 1.54. The first kappa shape index (κ1) is 19.0. The number of carbonyl (C=O) groups is 1. The molecule has 1 aliphatic rings. The normalized spacial score (nSPS) is 14.4. The lowest BCUT2D eigenvalue weighted by Gasteiger charge is -2.13. The standard InChI is InChI=1S/C21H20Cl2N4O/c22-17-9-8-14(11-18(17)23)21(28)25-13-15-12-20(19-7-3-4-10-24-19)27(26-15)16-5-1-2-6-16/h3-4,7-12,16H,1-2,5-6,13H2,(H,25,28). The molecule has 1 aromatic carbocycles. The smallest absolute Gasteiger partial charge is 0.251 e. The van der Waals surface area contributed by atoms with E-state index in [1.165, 1.54) is 12.8 Å². The zero-order chi connectivity index (χ0) is 19.5. The van der Waals surface area contributed by atoms with Crippen molar-refractivity contribution in [2.24, 2.45) is 0 Å². The van der Waals surface area contributed by atoms with Gasteiger partial charge in [-0.25, -0.2) is 0 Å². The average molecular weight is 415 g/mol. The summed E-state index contributed by atoms with van der Waals surface area (Å²) in [6.45, 7) is 0.332. The predicted octanol–water partition coefficient (Wildman–Crippen LogP) is 5.30. The minimum atomic E-state index is -0.214. The third-order valence-electron chi connectivity index (χ3n) is 5.00. The van der Waals surface area contributed by atoms with E-state index in [1.54, 1.807) is 24.4 Å². The predicted molar refractivity (Wildman–Crippen MR) is 111 cm³/mol. The summed E-state index contributed by atoms with van der Waals surface area (Å²) in [5.74, 6) is -0.214. The molecule has 2 aromatic heterocycles. The van der Waals surface area contributed by atoms with E-state index in [1.807, 2.05) is 24.3 Å². The quantitative estimate of drug-likeness (QED) is 0.616. The van der Waals surface area contributed by atoms with Gasteiger partial charge in [0.05, 0.1) is 39.7 Å². The highest BCUT2D eigenvalue weighted by atomic mass is 35.5. The van der Waals surface area contributed by atoms with Crippen molar-refractivity contribution in [3.63, 3.8) is 0 Å². The lowest BCUT2D eigenvalue weighted by molar-refractivity contribution is 0.0950. The molecule has 1 saturated carbocycles. The molecule has 3 aromatic rings. The second kappa shape index (κ2) is 8.33. The molecule has 7 heteroatoms. The molecule has 1 N–H and O–H groups in total. The molecule has 0 radical (unpaired) electrons. The fourth-order valence-corrected chi connectivity index (χ4v) is 3.87. The van der Waals surface area contributed by atoms with Gasteiger partial charge in [-0.3, -0.25) is 14.5 Å². The highest BCUT2D eigenvalue weighted by Crippen LogP contribution is 2.33. The topological polar surface area (TPSA) is 59.8 Å². The molecule has 0 unspecified atom stereocenters. The van der Waals surface area contributed by atoms with E-state index in [9.17, 15) is 4.79 Å². The van der Waals surface area contributed by atoms with E-state index in [-0.39, 0.29) is 5.91 Å². The number of rotatable bonds is 5. The Labute approximate surface area is 173 Å². The van der Waals surface area contributed by atoms with Crippen molar-refractivity contribution in [3.05, 3.63) is 70.0 Å². The van der Waals surface area contributed by atoms with Gasteiger partial charge < -0.3 is 5.32 Å². The van der Waals surface area contributed by atoms with Gasteiger partial charge >= 0.3 is 0 Å². The van der Waals surface area contributed by atoms with Crippen molar-refractivity contribution in [2.75, 3.05) is 0 Å². The van der Waals surface area contributed by atoms with E-state index in [0.29, 0.717) is 28.2 Å². The van der Waals surface area contributed by atoms with Crippen LogP contribution < -0.4 is 5.32 Å². The number of hydrogen-bond donors (Lipinski definition) is 1. The van der Waals surface area contributed by atoms with Gasteiger partial charge in [-0.15, -0.1) is 0 Å². The van der Waals surface area contributed by atoms with Crippen LogP contribution in [-0.2, 0) is 6.54 Å². The molecule has 0 atom stereocenters. The van der Waals surface area contributed by atoms with E-state index >= 15 is 0 Å². The molecule has 1 amide bonds. The zero-order valence-electron chi connectivity index (χ0n) is 15.2. The molecule has 5 nitrogen and oxygen atoms in total. The number of pyridine rings is 1. The van der Waals surface area contributed by atoms with E-state index in [0.717, 1.165) is 29.9 Å². The number of benzene rings is 1. The Kier molecular flexibility index (Phi) is 5.64. The van der Waals surface area contributed by atoms with Crippen LogP contribution in [0.4, 0.5) is 0 Å². The Bertz CT molecular complexity index is 981. The molecular weight excluding hydrogens is 395 g/mol. The molecule has 0 spiro atoms. The summed E-state index contributed by atoms with van der Waals surface area (Å²) >= 11 is 11.9. The van der Waals surface area contributed by atoms with Crippen LogP contribution in [0.25, 0.3) is 11.4 Å². The van der Waals surface area contributed by atoms with Crippen LogP contribution in [0.1, 0.15) is 47.8 Å². The van der Waals surface area contributed by atoms with Gasteiger partial charge in [0.25, 0.3) is 5.91 Å². The minimum Gasteiger partial charge on any atom is -0.346 e. The first-order valence-corrected chi connectivity index (χ1v) is 10.1. The highest BCUT2D eigenvalue weighted by Gasteiger charge is 2.22. The summed E-state index contributed by atoms with van der Waals surface area (Å²) < 4.78 is 2.08. The molecule has 1 fully saturated rings. The first-order valence-electron chi connectivity index (χ1n) is 9.35. The van der Waals surface area contributed by atoms with Crippen molar-refractivity contribution in [2.45, 2.75) is 38.3 Å². The van der Waals surface area contributed by atoms with E-state index in [4.69, 9.17) is 28.3 Å². The summed E-state index contributed by atoms with van der Waals surface area (Å²) in [7, 11) is 0. The Morgan fingerprint density at radius 2 is 1.93 bits per heavy atom. The molecule has 28 heavy (non-hydrogen) atoms. The second-order valence-electron chi connectivity index (χ2n) is 6.93. The summed E-state index contributed by atoms with van der Waals surface area (Å²) in [4.78, 5) is 16.9. The monoisotopic (exact) mass is 414 g/mol. The van der Waals surface area contributed by atoms with Crippen molar-refractivity contribution < 1.29 is 4.79 Å². The van der Waals surface area contributed by atoms with Crippen molar-refractivity contribution in [1.29, 1.82) is 0 Å². The van der Waals surface area contributed by atoms with Crippen molar-refractivity contribution >= 4 is 29.1 Å². The van der Waals surface area contributed by atoms with Gasteiger partial charge in [0.1, 0.15) is 0 Å². The van der Waals surface area contributed by atoms with Gasteiger partial charge in [0.2, 0.25) is 0 Å².